The smallest absolute Gasteiger partial charge is 0.251 e. The van der Waals surface area contributed by atoms with Crippen molar-refractivity contribution in [3.8, 4) is 0 Å². The molecule has 0 bridgehead atoms. The van der Waals surface area contributed by atoms with Gasteiger partial charge in [0.2, 0.25) is 5.91 Å². The molecule has 0 aliphatic carbocycles. The van der Waals surface area contributed by atoms with E-state index in [-0.39, 0.29) is 17.9 Å². The molecule has 0 aliphatic heterocycles. The molecule has 0 fully saturated rings. The van der Waals surface area contributed by atoms with Crippen LogP contribution in [0.2, 0.25) is 0 Å². The molecule has 0 radical (unpaired) electrons. The lowest BCUT2D eigenvalue weighted by Crippen LogP contribution is -2.29. The van der Waals surface area contributed by atoms with E-state index >= 15 is 0 Å². The molecule has 2 N–H and O–H groups in total. The van der Waals surface area contributed by atoms with Crippen LogP contribution < -0.4 is 10.6 Å². The highest BCUT2D eigenvalue weighted by molar-refractivity contribution is 5.94. The lowest BCUT2D eigenvalue weighted by atomic mass is 10.1. The minimum Gasteiger partial charge on any atom is -0.352 e. The summed E-state index contributed by atoms with van der Waals surface area (Å²) in [6, 6.07) is 18.9. The van der Waals surface area contributed by atoms with Crippen molar-refractivity contribution in [1.82, 2.24) is 10.6 Å². The lowest BCUT2D eigenvalue weighted by Gasteiger charge is -2.14. The van der Waals surface area contributed by atoms with Gasteiger partial charge in [-0.3, -0.25) is 9.59 Å². The molecule has 2 amide bonds. The fraction of sp³-hybridized carbons (Fsp3) is 0.263. The lowest BCUT2D eigenvalue weighted by molar-refractivity contribution is -0.121. The molecule has 4 nitrogen and oxygen atoms in total. The number of benzene rings is 2. The van der Waals surface area contributed by atoms with Gasteiger partial charge in [0, 0.05) is 18.5 Å². The van der Waals surface area contributed by atoms with E-state index < -0.39 is 0 Å². The van der Waals surface area contributed by atoms with Crippen LogP contribution in [-0.2, 0) is 4.79 Å². The fourth-order valence-electron chi connectivity index (χ4n) is 2.28. The topological polar surface area (TPSA) is 58.2 Å². The van der Waals surface area contributed by atoms with Gasteiger partial charge in [0.25, 0.3) is 5.91 Å². The van der Waals surface area contributed by atoms with Crippen molar-refractivity contribution in [2.75, 3.05) is 6.54 Å². The van der Waals surface area contributed by atoms with Crippen LogP contribution in [0.15, 0.2) is 60.7 Å². The van der Waals surface area contributed by atoms with Crippen LogP contribution in [0.1, 0.15) is 41.7 Å². The maximum atomic E-state index is 11.9. The van der Waals surface area contributed by atoms with E-state index in [1.807, 2.05) is 55.5 Å². The molecule has 1 atom stereocenters. The third kappa shape index (κ3) is 5.58. The van der Waals surface area contributed by atoms with E-state index in [0.717, 1.165) is 5.56 Å². The van der Waals surface area contributed by atoms with Gasteiger partial charge in [-0.2, -0.15) is 0 Å². The molecule has 2 aromatic rings. The van der Waals surface area contributed by atoms with Crippen LogP contribution in [0.4, 0.5) is 0 Å². The van der Waals surface area contributed by atoms with Crippen molar-refractivity contribution in [2.24, 2.45) is 0 Å². The predicted molar refractivity (Wildman–Crippen MR) is 91.0 cm³/mol. The third-order valence-electron chi connectivity index (χ3n) is 3.58. The third-order valence-corrected chi connectivity index (χ3v) is 3.58. The second-order valence-corrected chi connectivity index (χ2v) is 5.43. The molecule has 2 aromatic carbocycles. The van der Waals surface area contributed by atoms with Crippen LogP contribution in [0.25, 0.3) is 0 Å². The van der Waals surface area contributed by atoms with Crippen molar-refractivity contribution in [3.63, 3.8) is 0 Å². The Hall–Kier alpha value is -2.62. The predicted octanol–water partition coefficient (Wildman–Crippen LogP) is 3.07. The van der Waals surface area contributed by atoms with Gasteiger partial charge in [0.05, 0.1) is 6.04 Å². The Morgan fingerprint density at radius 2 is 1.57 bits per heavy atom. The van der Waals surface area contributed by atoms with Crippen LogP contribution in [-0.4, -0.2) is 18.4 Å². The van der Waals surface area contributed by atoms with E-state index in [0.29, 0.717) is 24.9 Å². The number of hydrogen-bond donors (Lipinski definition) is 2. The second kappa shape index (κ2) is 8.73. The maximum Gasteiger partial charge on any atom is 0.251 e. The molecular formula is C19H22N2O2. The first kappa shape index (κ1) is 16.7. The number of amides is 2. The van der Waals surface area contributed by atoms with Crippen molar-refractivity contribution in [1.29, 1.82) is 0 Å². The molecule has 0 aliphatic rings. The molecule has 1 unspecified atom stereocenters. The van der Waals surface area contributed by atoms with Gasteiger partial charge in [-0.1, -0.05) is 48.5 Å². The van der Waals surface area contributed by atoms with Gasteiger partial charge in [0.1, 0.15) is 0 Å². The van der Waals surface area contributed by atoms with Crippen LogP contribution >= 0.6 is 0 Å². The van der Waals surface area contributed by atoms with Gasteiger partial charge < -0.3 is 10.6 Å². The zero-order valence-corrected chi connectivity index (χ0v) is 13.3. The average molecular weight is 310 g/mol. The Morgan fingerprint density at radius 3 is 2.22 bits per heavy atom. The Labute approximate surface area is 136 Å². The van der Waals surface area contributed by atoms with Crippen molar-refractivity contribution in [2.45, 2.75) is 25.8 Å². The molecule has 0 aromatic heterocycles. The highest BCUT2D eigenvalue weighted by Gasteiger charge is 2.09. The Bertz CT molecular complexity index is 626. The first-order chi connectivity index (χ1) is 11.2. The van der Waals surface area contributed by atoms with Crippen LogP contribution in [0.5, 0.6) is 0 Å². The van der Waals surface area contributed by atoms with Crippen LogP contribution in [0, 0.1) is 0 Å². The minimum atomic E-state index is -0.108. The molecule has 0 saturated heterocycles. The highest BCUT2D eigenvalue weighted by Crippen LogP contribution is 2.11. The van der Waals surface area contributed by atoms with Gasteiger partial charge in [-0.15, -0.1) is 0 Å². The summed E-state index contributed by atoms with van der Waals surface area (Å²) >= 11 is 0. The number of carbonyl (C=O) groups is 2. The summed E-state index contributed by atoms with van der Waals surface area (Å²) in [5, 5.41) is 5.78. The molecule has 23 heavy (non-hydrogen) atoms. The monoisotopic (exact) mass is 310 g/mol. The number of carbonyl (C=O) groups excluding carboxylic acids is 2. The standard InChI is InChI=1S/C19H22N2O2/c1-15(16-9-4-2-5-10-16)21-18(22)13-8-14-20-19(23)17-11-6-3-7-12-17/h2-7,9-12,15H,8,13-14H2,1H3,(H,20,23)(H,21,22). The normalized spacial score (nSPS) is 11.5. The fourth-order valence-corrected chi connectivity index (χ4v) is 2.28. The van der Waals surface area contributed by atoms with Gasteiger partial charge in [0.15, 0.2) is 0 Å². The van der Waals surface area contributed by atoms with Gasteiger partial charge >= 0.3 is 0 Å². The van der Waals surface area contributed by atoms with E-state index in [2.05, 4.69) is 10.6 Å². The number of hydrogen-bond acceptors (Lipinski definition) is 2. The molecular weight excluding hydrogens is 288 g/mol. The molecule has 4 heteroatoms. The van der Waals surface area contributed by atoms with Crippen molar-refractivity contribution >= 4 is 11.8 Å². The highest BCUT2D eigenvalue weighted by atomic mass is 16.2. The van der Waals surface area contributed by atoms with Crippen molar-refractivity contribution in [3.05, 3.63) is 71.8 Å². The molecule has 120 valence electrons. The van der Waals surface area contributed by atoms with E-state index in [9.17, 15) is 9.59 Å². The van der Waals surface area contributed by atoms with E-state index in [1.54, 1.807) is 12.1 Å². The average Bonchev–Trinajstić information content (AvgIpc) is 2.60. The summed E-state index contributed by atoms with van der Waals surface area (Å²) in [6.07, 6.45) is 1.01. The zero-order chi connectivity index (χ0) is 16.5. The SMILES string of the molecule is CC(NC(=O)CCCNC(=O)c1ccccc1)c1ccccc1. The molecule has 2 rings (SSSR count). The number of nitrogens with one attached hydrogen (secondary N) is 2. The Morgan fingerprint density at radius 1 is 0.957 bits per heavy atom. The zero-order valence-electron chi connectivity index (χ0n) is 13.3. The Balaban J connectivity index is 1.66. The molecule has 0 heterocycles. The largest absolute Gasteiger partial charge is 0.352 e. The maximum absolute atomic E-state index is 11.9. The first-order valence-electron chi connectivity index (χ1n) is 7.84. The van der Waals surface area contributed by atoms with Gasteiger partial charge in [-0.25, -0.2) is 0 Å². The first-order valence-corrected chi connectivity index (χ1v) is 7.84. The summed E-state index contributed by atoms with van der Waals surface area (Å²) in [4.78, 5) is 23.8. The summed E-state index contributed by atoms with van der Waals surface area (Å²) in [5.74, 6) is -0.112. The Kier molecular flexibility index (Phi) is 6.36. The molecule has 0 spiro atoms. The van der Waals surface area contributed by atoms with E-state index in [4.69, 9.17) is 0 Å². The number of rotatable bonds is 7. The van der Waals surface area contributed by atoms with Crippen molar-refractivity contribution < 1.29 is 9.59 Å². The van der Waals surface area contributed by atoms with E-state index in [1.165, 1.54) is 0 Å². The second-order valence-electron chi connectivity index (χ2n) is 5.43. The summed E-state index contributed by atoms with van der Waals surface area (Å²) < 4.78 is 0. The molecule has 0 saturated carbocycles. The summed E-state index contributed by atoms with van der Waals surface area (Å²) in [5.41, 5.74) is 1.72. The summed E-state index contributed by atoms with van der Waals surface area (Å²) in [6.45, 7) is 2.45. The van der Waals surface area contributed by atoms with Crippen LogP contribution in [0.3, 0.4) is 0 Å². The minimum absolute atomic E-state index is 0.00434. The van der Waals surface area contributed by atoms with Gasteiger partial charge in [-0.05, 0) is 31.0 Å². The summed E-state index contributed by atoms with van der Waals surface area (Å²) in [7, 11) is 0. The quantitative estimate of drug-likeness (QED) is 0.772.